The van der Waals surface area contributed by atoms with Crippen molar-refractivity contribution in [3.8, 4) is 11.4 Å². The van der Waals surface area contributed by atoms with E-state index in [4.69, 9.17) is 4.42 Å². The zero-order chi connectivity index (χ0) is 20.8. The Balaban J connectivity index is 1.89. The number of nitrogens with one attached hydrogen (secondary N) is 1. The summed E-state index contributed by atoms with van der Waals surface area (Å²) in [6, 6.07) is 9.43. The zero-order valence-electron chi connectivity index (χ0n) is 15.8. The van der Waals surface area contributed by atoms with E-state index in [2.05, 4.69) is 25.0 Å². The largest absolute Gasteiger partial charge is 0.463 e. The van der Waals surface area contributed by atoms with Gasteiger partial charge in [0.1, 0.15) is 18.1 Å². The van der Waals surface area contributed by atoms with Crippen LogP contribution in [-0.2, 0) is 20.7 Å². The fourth-order valence-electron chi connectivity index (χ4n) is 2.71. The van der Waals surface area contributed by atoms with E-state index in [0.29, 0.717) is 5.69 Å². The van der Waals surface area contributed by atoms with Crippen LogP contribution in [-0.4, -0.2) is 45.8 Å². The monoisotopic (exact) mass is 394 g/mol. The van der Waals surface area contributed by atoms with Gasteiger partial charge >= 0.3 is 5.97 Å². The molecule has 29 heavy (non-hydrogen) atoms. The Morgan fingerprint density at radius 1 is 1.17 bits per heavy atom. The third kappa shape index (κ3) is 4.70. The van der Waals surface area contributed by atoms with Crippen LogP contribution in [0.25, 0.3) is 11.4 Å². The maximum atomic E-state index is 12.9. The lowest BCUT2D eigenvalue weighted by molar-refractivity contribution is -0.152. The number of rotatable bonds is 7. The summed E-state index contributed by atoms with van der Waals surface area (Å²) in [5.74, 6) is -2.47. The Hall–Kier alpha value is -3.88. The topological polar surface area (TPSA) is 124 Å². The highest BCUT2D eigenvalue weighted by molar-refractivity contribution is 6.36. The van der Waals surface area contributed by atoms with Crippen molar-refractivity contribution in [1.29, 1.82) is 0 Å². The molecule has 3 aromatic rings. The number of amides is 1. The zero-order valence-corrected chi connectivity index (χ0v) is 15.8. The van der Waals surface area contributed by atoms with E-state index < -0.39 is 23.7 Å². The molecule has 0 saturated carbocycles. The summed E-state index contributed by atoms with van der Waals surface area (Å²) in [6.07, 6.45) is 2.93. The van der Waals surface area contributed by atoms with Crippen molar-refractivity contribution < 1.29 is 23.5 Å². The van der Waals surface area contributed by atoms with Crippen molar-refractivity contribution in [2.45, 2.75) is 19.4 Å². The third-order valence-electron chi connectivity index (χ3n) is 4.06. The van der Waals surface area contributed by atoms with E-state index >= 15 is 0 Å². The van der Waals surface area contributed by atoms with Gasteiger partial charge in [-0.25, -0.2) is 19.7 Å². The summed E-state index contributed by atoms with van der Waals surface area (Å²) in [5.41, 5.74) is 1.37. The van der Waals surface area contributed by atoms with Crippen LogP contribution in [0, 0.1) is 6.92 Å². The third-order valence-corrected chi connectivity index (χ3v) is 4.06. The Morgan fingerprint density at radius 2 is 1.93 bits per heavy atom. The van der Waals surface area contributed by atoms with Crippen LogP contribution in [0.3, 0.4) is 0 Å². The number of ketones is 1. The second-order valence-electron chi connectivity index (χ2n) is 6.08. The molecule has 2 aromatic heterocycles. The van der Waals surface area contributed by atoms with Gasteiger partial charge in [-0.3, -0.25) is 9.59 Å². The first-order valence-corrected chi connectivity index (χ1v) is 8.70. The fraction of sp³-hybridized carbons (Fsp3) is 0.200. The van der Waals surface area contributed by atoms with Gasteiger partial charge < -0.3 is 14.5 Å². The number of Topliss-reactive ketones (excluding diaryl/α,β-unsaturated/α-hetero) is 1. The minimum Gasteiger partial charge on any atom is -0.463 e. The first-order chi connectivity index (χ1) is 14.0. The van der Waals surface area contributed by atoms with E-state index in [1.165, 1.54) is 12.5 Å². The lowest BCUT2D eigenvalue weighted by Crippen LogP contribution is -2.45. The fourth-order valence-corrected chi connectivity index (χ4v) is 2.71. The first-order valence-electron chi connectivity index (χ1n) is 8.70. The highest BCUT2D eigenvalue weighted by atomic mass is 16.5. The lowest BCUT2D eigenvalue weighted by atomic mass is 10.0. The number of carbonyl (C=O) groups is 3. The van der Waals surface area contributed by atoms with Gasteiger partial charge in [-0.1, -0.05) is 30.3 Å². The normalized spacial score (nSPS) is 11.5. The highest BCUT2D eigenvalue weighted by Crippen LogP contribution is 2.21. The summed E-state index contributed by atoms with van der Waals surface area (Å²) >= 11 is 0. The van der Waals surface area contributed by atoms with Crippen molar-refractivity contribution in [2.24, 2.45) is 0 Å². The molecule has 0 spiro atoms. The van der Waals surface area contributed by atoms with Gasteiger partial charge in [0.15, 0.2) is 5.89 Å². The van der Waals surface area contributed by atoms with E-state index in [0.717, 1.165) is 12.7 Å². The van der Waals surface area contributed by atoms with E-state index in [1.807, 2.05) is 6.07 Å². The Labute approximate surface area is 166 Å². The smallest absolute Gasteiger partial charge is 0.376 e. The van der Waals surface area contributed by atoms with Crippen LogP contribution in [0.15, 0.2) is 53.3 Å². The van der Waals surface area contributed by atoms with Crippen LogP contribution in [0.1, 0.15) is 22.0 Å². The van der Waals surface area contributed by atoms with Gasteiger partial charge in [-0.05, 0) is 11.6 Å². The van der Waals surface area contributed by atoms with E-state index in [1.54, 1.807) is 37.3 Å². The number of methoxy groups -OCH3 is 1. The molecule has 1 aromatic carbocycles. The molecule has 0 radical (unpaired) electrons. The number of hydrogen-bond acceptors (Lipinski definition) is 8. The maximum Gasteiger partial charge on any atom is 0.376 e. The van der Waals surface area contributed by atoms with E-state index in [9.17, 15) is 14.4 Å². The average Bonchev–Trinajstić information content (AvgIpc) is 3.15. The predicted molar refractivity (Wildman–Crippen MR) is 101 cm³/mol. The molecule has 0 saturated heterocycles. The number of aromatic nitrogens is 3. The second kappa shape index (κ2) is 8.87. The number of esters is 1. The maximum absolute atomic E-state index is 12.9. The van der Waals surface area contributed by atoms with Crippen LogP contribution in [0.2, 0.25) is 0 Å². The standard InChI is InChI=1S/C20H18N4O5/c1-12-23-16(14-8-9-21-11-22-14)18(29-12)19(26)24-15(17(25)20(27)28-2)10-13-6-4-3-5-7-13/h3-9,11,15H,10H2,1-2H3,(H,24,26). The number of aryl methyl sites for hydroxylation is 1. The molecule has 3 rings (SSSR count). The van der Waals surface area contributed by atoms with Gasteiger partial charge in [0.25, 0.3) is 11.7 Å². The summed E-state index contributed by atoms with van der Waals surface area (Å²) in [7, 11) is 1.11. The van der Waals surface area contributed by atoms with Gasteiger partial charge in [0.05, 0.1) is 12.8 Å². The van der Waals surface area contributed by atoms with Crippen LogP contribution in [0.5, 0.6) is 0 Å². The van der Waals surface area contributed by atoms with Crippen LogP contribution >= 0.6 is 0 Å². The SMILES string of the molecule is COC(=O)C(=O)C(Cc1ccccc1)NC(=O)c1oc(C)nc1-c1ccncn1. The molecular formula is C20H18N4O5. The molecule has 0 aliphatic carbocycles. The second-order valence-corrected chi connectivity index (χ2v) is 6.08. The van der Waals surface area contributed by atoms with Gasteiger partial charge in [-0.15, -0.1) is 0 Å². The minimum atomic E-state index is -1.14. The first kappa shape index (κ1) is 19.9. The number of nitrogens with zero attached hydrogens (tertiary/aromatic N) is 3. The van der Waals surface area contributed by atoms with Crippen molar-refractivity contribution in [1.82, 2.24) is 20.3 Å². The minimum absolute atomic E-state index is 0.108. The van der Waals surface area contributed by atoms with Crippen molar-refractivity contribution >= 4 is 17.7 Å². The number of carbonyl (C=O) groups excluding carboxylic acids is 3. The molecule has 0 bridgehead atoms. The Kier molecular flexibility index (Phi) is 6.08. The Bertz CT molecular complexity index is 1020. The summed E-state index contributed by atoms with van der Waals surface area (Å²) in [5, 5.41) is 2.55. The van der Waals surface area contributed by atoms with Gasteiger partial charge in [-0.2, -0.15) is 0 Å². The molecule has 1 amide bonds. The number of oxazole rings is 1. The van der Waals surface area contributed by atoms with Crippen molar-refractivity contribution in [3.05, 3.63) is 66.1 Å². The van der Waals surface area contributed by atoms with E-state index in [-0.39, 0.29) is 23.8 Å². The summed E-state index contributed by atoms with van der Waals surface area (Å²) in [4.78, 5) is 49.2. The number of hydrogen-bond donors (Lipinski definition) is 1. The van der Waals surface area contributed by atoms with Gasteiger partial charge in [0.2, 0.25) is 5.76 Å². The summed E-state index contributed by atoms with van der Waals surface area (Å²) < 4.78 is 9.96. The molecule has 9 heteroatoms. The molecular weight excluding hydrogens is 376 g/mol. The lowest BCUT2D eigenvalue weighted by Gasteiger charge is -2.16. The Morgan fingerprint density at radius 3 is 2.59 bits per heavy atom. The molecule has 0 aliphatic rings. The molecule has 0 fully saturated rings. The van der Waals surface area contributed by atoms with Crippen molar-refractivity contribution in [3.63, 3.8) is 0 Å². The molecule has 2 heterocycles. The summed E-state index contributed by atoms with van der Waals surface area (Å²) in [6.45, 7) is 1.59. The molecule has 1 N–H and O–H groups in total. The quantitative estimate of drug-likeness (QED) is 0.472. The van der Waals surface area contributed by atoms with Crippen LogP contribution in [0.4, 0.5) is 0 Å². The number of ether oxygens (including phenoxy) is 1. The molecule has 1 unspecified atom stereocenters. The molecule has 0 aliphatic heterocycles. The van der Waals surface area contributed by atoms with Crippen LogP contribution < -0.4 is 5.32 Å². The number of benzene rings is 1. The molecule has 9 nitrogen and oxygen atoms in total. The molecule has 148 valence electrons. The predicted octanol–water partition coefficient (Wildman–Crippen LogP) is 1.52. The van der Waals surface area contributed by atoms with Gasteiger partial charge in [0, 0.05) is 19.5 Å². The average molecular weight is 394 g/mol. The van der Waals surface area contributed by atoms with Crippen molar-refractivity contribution in [2.75, 3.05) is 7.11 Å². The molecule has 1 atom stereocenters. The highest BCUT2D eigenvalue weighted by Gasteiger charge is 2.31.